The van der Waals surface area contributed by atoms with E-state index >= 15 is 0 Å². The Bertz CT molecular complexity index is 2150. The zero-order chi connectivity index (χ0) is 30.8. The Hall–Kier alpha value is -5.40. The van der Waals surface area contributed by atoms with Crippen molar-refractivity contribution in [2.24, 2.45) is 4.99 Å². The molecule has 1 aliphatic rings. The number of ether oxygens (including phenoxy) is 3. The SMILES string of the molecule is CCOC(=O)C1=C(c2ccccc2)N=c2s/c(=C\c3cn(CC#N)c4ccccc34)c(=O)n2[C@H]1c1ccc(OC)c(OC)c1. The molecule has 5 aromatic rings. The first-order valence-corrected chi connectivity index (χ1v) is 14.8. The summed E-state index contributed by atoms with van der Waals surface area (Å²) in [6.45, 7) is 2.07. The molecule has 0 spiro atoms. The van der Waals surface area contributed by atoms with E-state index in [1.165, 1.54) is 18.4 Å². The molecule has 10 heteroatoms. The number of hydrogen-bond donors (Lipinski definition) is 0. The lowest BCUT2D eigenvalue weighted by atomic mass is 9.93. The van der Waals surface area contributed by atoms with Gasteiger partial charge < -0.3 is 18.8 Å². The molecule has 3 heterocycles. The molecule has 44 heavy (non-hydrogen) atoms. The van der Waals surface area contributed by atoms with Gasteiger partial charge in [0.2, 0.25) is 0 Å². The summed E-state index contributed by atoms with van der Waals surface area (Å²) in [7, 11) is 3.08. The van der Waals surface area contributed by atoms with Gasteiger partial charge in [0.05, 0.1) is 48.7 Å². The number of methoxy groups -OCH3 is 2. The van der Waals surface area contributed by atoms with Gasteiger partial charge >= 0.3 is 5.97 Å². The van der Waals surface area contributed by atoms with E-state index in [1.54, 1.807) is 30.7 Å². The number of carbonyl (C=O) groups is 1. The van der Waals surface area contributed by atoms with Crippen molar-refractivity contribution in [3.63, 3.8) is 0 Å². The number of rotatable bonds is 8. The number of fused-ring (bicyclic) bond motifs is 2. The fourth-order valence-corrected chi connectivity index (χ4v) is 6.51. The summed E-state index contributed by atoms with van der Waals surface area (Å²) < 4.78 is 20.4. The predicted molar refractivity (Wildman–Crippen MR) is 168 cm³/mol. The van der Waals surface area contributed by atoms with Crippen LogP contribution in [0.1, 0.15) is 29.7 Å². The van der Waals surface area contributed by atoms with Crippen molar-refractivity contribution in [2.45, 2.75) is 19.5 Å². The second kappa shape index (κ2) is 12.1. The average Bonchev–Trinajstić information content (AvgIpc) is 3.56. The van der Waals surface area contributed by atoms with Crippen molar-refractivity contribution >= 4 is 40.0 Å². The third kappa shape index (κ3) is 4.97. The number of aromatic nitrogens is 2. The number of nitrogens with zero attached hydrogens (tertiary/aromatic N) is 4. The number of thiazole rings is 1. The van der Waals surface area contributed by atoms with Gasteiger partial charge in [-0.15, -0.1) is 0 Å². The van der Waals surface area contributed by atoms with Gasteiger partial charge in [-0.1, -0.05) is 65.9 Å². The first-order valence-electron chi connectivity index (χ1n) is 13.9. The Morgan fingerprint density at radius 2 is 1.80 bits per heavy atom. The lowest BCUT2D eigenvalue weighted by Crippen LogP contribution is -2.40. The molecule has 6 rings (SSSR count). The van der Waals surface area contributed by atoms with Crippen LogP contribution in [0.25, 0.3) is 22.7 Å². The fourth-order valence-electron chi connectivity index (χ4n) is 5.52. The van der Waals surface area contributed by atoms with E-state index in [0.717, 1.165) is 22.0 Å². The van der Waals surface area contributed by atoms with Crippen LogP contribution in [-0.2, 0) is 16.1 Å². The van der Waals surface area contributed by atoms with Gasteiger partial charge in [0.25, 0.3) is 5.56 Å². The molecule has 220 valence electrons. The number of benzene rings is 3. The topological polar surface area (TPSA) is 108 Å². The minimum absolute atomic E-state index is 0.153. The van der Waals surface area contributed by atoms with Crippen LogP contribution in [0.15, 0.2) is 94.4 Å². The van der Waals surface area contributed by atoms with Gasteiger partial charge in [-0.05, 0) is 36.8 Å². The standard InChI is InChI=1S/C34H28N4O5S/c1-4-43-33(40)29-30(21-10-6-5-7-11-21)36-34-38(31(29)22-14-15-26(41-2)27(18-22)42-3)32(39)28(44-34)19-23-20-37(17-16-35)25-13-9-8-12-24(23)25/h5-15,18-20,31H,4,17H2,1-3H3/b28-19-/t31-/m0/s1. The summed E-state index contributed by atoms with van der Waals surface area (Å²) >= 11 is 1.24. The quantitative estimate of drug-likeness (QED) is 0.243. The maximum Gasteiger partial charge on any atom is 0.338 e. The third-order valence-electron chi connectivity index (χ3n) is 7.44. The molecular formula is C34H28N4O5S. The first-order chi connectivity index (χ1) is 21.5. The Morgan fingerprint density at radius 3 is 2.52 bits per heavy atom. The smallest absolute Gasteiger partial charge is 0.338 e. The van der Waals surface area contributed by atoms with Crippen LogP contribution in [0.2, 0.25) is 0 Å². The molecule has 0 bridgehead atoms. The molecule has 1 atom stereocenters. The van der Waals surface area contributed by atoms with Crippen LogP contribution >= 0.6 is 11.3 Å². The molecule has 1 aliphatic heterocycles. The maximum atomic E-state index is 14.3. The number of esters is 1. The normalized spacial score (nSPS) is 14.6. The van der Waals surface area contributed by atoms with Gasteiger partial charge in [0.1, 0.15) is 6.54 Å². The summed E-state index contributed by atoms with van der Waals surface area (Å²) in [5.74, 6) is 0.407. The van der Waals surface area contributed by atoms with Crippen LogP contribution in [0.4, 0.5) is 0 Å². The Labute approximate surface area is 256 Å². The summed E-state index contributed by atoms with van der Waals surface area (Å²) in [5, 5.41) is 10.3. The predicted octanol–water partition coefficient (Wildman–Crippen LogP) is 4.43. The second-order valence-electron chi connectivity index (χ2n) is 9.93. The molecule has 9 nitrogen and oxygen atoms in total. The highest BCUT2D eigenvalue weighted by atomic mass is 32.1. The molecule has 0 saturated carbocycles. The highest BCUT2D eigenvalue weighted by molar-refractivity contribution is 7.07. The fraction of sp³-hybridized carbons (Fsp3) is 0.176. The van der Waals surface area contributed by atoms with Crippen molar-refractivity contribution in [2.75, 3.05) is 20.8 Å². The zero-order valence-electron chi connectivity index (χ0n) is 24.3. The van der Waals surface area contributed by atoms with Gasteiger partial charge in [-0.3, -0.25) is 9.36 Å². The van der Waals surface area contributed by atoms with Crippen LogP contribution in [-0.4, -0.2) is 35.9 Å². The summed E-state index contributed by atoms with van der Waals surface area (Å²) in [4.78, 5) is 33.4. The molecular weight excluding hydrogens is 576 g/mol. The van der Waals surface area contributed by atoms with Crippen molar-refractivity contribution in [1.29, 1.82) is 5.26 Å². The second-order valence-corrected chi connectivity index (χ2v) is 10.9. The van der Waals surface area contributed by atoms with E-state index in [-0.39, 0.29) is 24.3 Å². The van der Waals surface area contributed by atoms with Gasteiger partial charge in [-0.2, -0.15) is 5.26 Å². The summed E-state index contributed by atoms with van der Waals surface area (Å²) in [5.41, 5.74) is 3.42. The largest absolute Gasteiger partial charge is 0.493 e. The molecule has 0 fully saturated rings. The van der Waals surface area contributed by atoms with Gasteiger partial charge in [-0.25, -0.2) is 9.79 Å². The van der Waals surface area contributed by atoms with E-state index in [1.807, 2.05) is 77.5 Å². The molecule has 0 saturated heterocycles. The molecule has 0 N–H and O–H groups in total. The van der Waals surface area contributed by atoms with Crippen molar-refractivity contribution < 1.29 is 19.0 Å². The molecule has 0 amide bonds. The summed E-state index contributed by atoms with van der Waals surface area (Å²) in [6.07, 6.45) is 3.69. The van der Waals surface area contributed by atoms with Crippen LogP contribution in [0.5, 0.6) is 11.5 Å². The van der Waals surface area contributed by atoms with E-state index in [2.05, 4.69) is 6.07 Å². The average molecular weight is 605 g/mol. The molecule has 3 aromatic carbocycles. The molecule has 0 unspecified atom stereocenters. The number of carbonyl (C=O) groups excluding carboxylic acids is 1. The van der Waals surface area contributed by atoms with E-state index < -0.39 is 12.0 Å². The van der Waals surface area contributed by atoms with E-state index in [0.29, 0.717) is 32.1 Å². The minimum Gasteiger partial charge on any atom is -0.493 e. The Morgan fingerprint density at radius 1 is 1.05 bits per heavy atom. The van der Waals surface area contributed by atoms with Crippen molar-refractivity contribution in [3.05, 3.63) is 121 Å². The Kier molecular flexibility index (Phi) is 7.87. The van der Waals surface area contributed by atoms with E-state index in [9.17, 15) is 14.9 Å². The summed E-state index contributed by atoms with van der Waals surface area (Å²) in [6, 6.07) is 23.8. The van der Waals surface area contributed by atoms with Crippen LogP contribution < -0.4 is 24.4 Å². The van der Waals surface area contributed by atoms with Crippen LogP contribution in [0.3, 0.4) is 0 Å². The minimum atomic E-state index is -0.859. The molecule has 2 aromatic heterocycles. The van der Waals surface area contributed by atoms with Crippen molar-refractivity contribution in [3.8, 4) is 17.6 Å². The third-order valence-corrected chi connectivity index (χ3v) is 8.43. The first kappa shape index (κ1) is 28.7. The molecule has 0 radical (unpaired) electrons. The van der Waals surface area contributed by atoms with Gasteiger partial charge in [0, 0.05) is 28.2 Å². The monoisotopic (exact) mass is 604 g/mol. The lowest BCUT2D eigenvalue weighted by Gasteiger charge is -2.26. The number of nitriles is 1. The highest BCUT2D eigenvalue weighted by Crippen LogP contribution is 2.38. The Balaban J connectivity index is 1.66. The van der Waals surface area contributed by atoms with Crippen molar-refractivity contribution in [1.82, 2.24) is 9.13 Å². The zero-order valence-corrected chi connectivity index (χ0v) is 25.1. The highest BCUT2D eigenvalue weighted by Gasteiger charge is 2.35. The number of para-hydroxylation sites is 1. The van der Waals surface area contributed by atoms with E-state index in [4.69, 9.17) is 19.2 Å². The van der Waals surface area contributed by atoms with Crippen LogP contribution in [0, 0.1) is 11.3 Å². The number of hydrogen-bond acceptors (Lipinski definition) is 8. The molecule has 0 aliphatic carbocycles. The maximum absolute atomic E-state index is 14.3. The van der Waals surface area contributed by atoms with Gasteiger partial charge in [0.15, 0.2) is 16.3 Å². The lowest BCUT2D eigenvalue weighted by molar-refractivity contribution is -0.138.